The van der Waals surface area contributed by atoms with Gasteiger partial charge in [0.15, 0.2) is 0 Å². The number of hydrogen-bond acceptors (Lipinski definition) is 6. The third-order valence-corrected chi connectivity index (χ3v) is 4.53. The number of nitrogens with zero attached hydrogens (tertiary/aromatic N) is 2. The number of thioether (sulfide) groups is 1. The smallest absolute Gasteiger partial charge is 0.119 e. The summed E-state index contributed by atoms with van der Waals surface area (Å²) in [5.41, 5.74) is 2.33. The van der Waals surface area contributed by atoms with Crippen LogP contribution in [0, 0.1) is 25.2 Å². The van der Waals surface area contributed by atoms with Gasteiger partial charge in [-0.2, -0.15) is 5.26 Å². The Kier molecular flexibility index (Phi) is 7.11. The molecule has 1 unspecified atom stereocenters. The quantitative estimate of drug-likeness (QED) is 0.728. The molecule has 25 heavy (non-hydrogen) atoms. The van der Waals surface area contributed by atoms with Crippen LogP contribution in [-0.2, 0) is 0 Å². The summed E-state index contributed by atoms with van der Waals surface area (Å²) in [5, 5.41) is 20.1. The molecule has 0 spiro atoms. The highest BCUT2D eigenvalue weighted by atomic mass is 32.2. The maximum absolute atomic E-state index is 10.1. The number of benzene rings is 1. The zero-order chi connectivity index (χ0) is 18.2. The maximum Gasteiger partial charge on any atom is 0.119 e. The molecule has 0 amide bonds. The first-order valence-electron chi connectivity index (χ1n) is 8.08. The Morgan fingerprint density at radius 1 is 1.20 bits per heavy atom. The Morgan fingerprint density at radius 3 is 2.44 bits per heavy atom. The first-order chi connectivity index (χ1) is 12.0. The minimum atomic E-state index is -0.661. The van der Waals surface area contributed by atoms with Gasteiger partial charge in [0, 0.05) is 11.4 Å². The van der Waals surface area contributed by atoms with Gasteiger partial charge in [-0.05, 0) is 56.7 Å². The van der Waals surface area contributed by atoms with Gasteiger partial charge in [-0.25, -0.2) is 4.98 Å². The first-order valence-corrected chi connectivity index (χ1v) is 9.07. The summed E-state index contributed by atoms with van der Waals surface area (Å²) in [6.07, 6.45) is -0.661. The van der Waals surface area contributed by atoms with E-state index in [4.69, 9.17) is 9.47 Å². The molecule has 0 saturated heterocycles. The fourth-order valence-corrected chi connectivity index (χ4v) is 3.26. The van der Waals surface area contributed by atoms with Gasteiger partial charge in [0.1, 0.15) is 29.2 Å². The highest BCUT2D eigenvalue weighted by molar-refractivity contribution is 7.99. The number of aliphatic hydroxyl groups is 1. The molecule has 1 heterocycles. The summed E-state index contributed by atoms with van der Waals surface area (Å²) < 4.78 is 11.0. The molecule has 1 N–H and O–H groups in total. The molecule has 0 saturated carbocycles. The van der Waals surface area contributed by atoms with Crippen molar-refractivity contribution in [2.45, 2.75) is 31.9 Å². The fraction of sp³-hybridized carbons (Fsp3) is 0.368. The highest BCUT2D eigenvalue weighted by Gasteiger charge is 2.12. The lowest BCUT2D eigenvalue weighted by Gasteiger charge is -2.13. The van der Waals surface area contributed by atoms with Crippen LogP contribution in [0.4, 0.5) is 0 Å². The molecular weight excluding hydrogens is 336 g/mol. The van der Waals surface area contributed by atoms with Crippen molar-refractivity contribution in [3.8, 4) is 17.6 Å². The van der Waals surface area contributed by atoms with Crippen molar-refractivity contribution < 1.29 is 14.6 Å². The Hall–Kier alpha value is -2.23. The van der Waals surface area contributed by atoms with Crippen molar-refractivity contribution in [3.63, 3.8) is 0 Å². The third-order valence-electron chi connectivity index (χ3n) is 3.41. The van der Waals surface area contributed by atoms with Gasteiger partial charge in [-0.1, -0.05) is 0 Å². The topological polar surface area (TPSA) is 75.4 Å². The molecule has 6 heteroatoms. The monoisotopic (exact) mass is 358 g/mol. The number of aromatic nitrogens is 1. The minimum Gasteiger partial charge on any atom is -0.494 e. The molecule has 2 rings (SSSR count). The van der Waals surface area contributed by atoms with Crippen LogP contribution in [0.3, 0.4) is 0 Å². The summed E-state index contributed by atoms with van der Waals surface area (Å²) >= 11 is 1.37. The van der Waals surface area contributed by atoms with Crippen molar-refractivity contribution in [2.75, 3.05) is 19.0 Å². The molecule has 132 valence electrons. The second-order valence-corrected chi connectivity index (χ2v) is 6.56. The van der Waals surface area contributed by atoms with E-state index in [0.29, 0.717) is 28.7 Å². The Bertz CT molecular complexity index is 742. The lowest BCUT2D eigenvalue weighted by Crippen LogP contribution is -2.20. The summed E-state index contributed by atoms with van der Waals surface area (Å²) in [7, 11) is 0. The van der Waals surface area contributed by atoms with Crippen molar-refractivity contribution in [2.24, 2.45) is 0 Å². The largest absolute Gasteiger partial charge is 0.494 e. The lowest BCUT2D eigenvalue weighted by molar-refractivity contribution is 0.126. The maximum atomic E-state index is 10.1. The molecule has 0 bridgehead atoms. The van der Waals surface area contributed by atoms with E-state index < -0.39 is 6.10 Å². The van der Waals surface area contributed by atoms with Crippen LogP contribution in [-0.4, -0.2) is 35.2 Å². The lowest BCUT2D eigenvalue weighted by atomic mass is 10.1. The van der Waals surface area contributed by atoms with E-state index in [1.807, 2.05) is 51.1 Å². The van der Waals surface area contributed by atoms with Crippen LogP contribution in [0.1, 0.15) is 23.7 Å². The average Bonchev–Trinajstić information content (AvgIpc) is 2.59. The zero-order valence-electron chi connectivity index (χ0n) is 14.7. The Morgan fingerprint density at radius 2 is 1.84 bits per heavy atom. The summed E-state index contributed by atoms with van der Waals surface area (Å²) in [4.78, 5) is 4.40. The van der Waals surface area contributed by atoms with Gasteiger partial charge in [0.05, 0.1) is 18.3 Å². The number of hydrogen-bond donors (Lipinski definition) is 1. The molecule has 2 aromatic rings. The van der Waals surface area contributed by atoms with Gasteiger partial charge in [0.2, 0.25) is 0 Å². The highest BCUT2D eigenvalue weighted by Crippen LogP contribution is 2.24. The van der Waals surface area contributed by atoms with Gasteiger partial charge in [0.25, 0.3) is 0 Å². The summed E-state index contributed by atoms with van der Waals surface area (Å²) in [6, 6.07) is 11.3. The molecule has 1 aromatic carbocycles. The first kappa shape index (κ1) is 19.1. The van der Waals surface area contributed by atoms with E-state index in [2.05, 4.69) is 11.1 Å². The molecule has 0 radical (unpaired) electrons. The number of aliphatic hydroxyl groups excluding tert-OH is 1. The number of pyridine rings is 1. The fourth-order valence-electron chi connectivity index (χ4n) is 2.26. The Labute approximate surface area is 152 Å². The Balaban J connectivity index is 1.87. The van der Waals surface area contributed by atoms with Crippen LogP contribution in [0.15, 0.2) is 35.4 Å². The molecule has 0 aliphatic carbocycles. The average molecular weight is 358 g/mol. The van der Waals surface area contributed by atoms with Gasteiger partial charge in [-0.15, -0.1) is 11.8 Å². The second-order valence-electron chi connectivity index (χ2n) is 5.55. The van der Waals surface area contributed by atoms with E-state index in [9.17, 15) is 10.4 Å². The van der Waals surface area contributed by atoms with Gasteiger partial charge < -0.3 is 14.6 Å². The summed E-state index contributed by atoms with van der Waals surface area (Å²) in [6.45, 7) is 6.51. The molecule has 1 aromatic heterocycles. The van der Waals surface area contributed by atoms with Crippen LogP contribution in [0.2, 0.25) is 0 Å². The normalized spacial score (nSPS) is 11.6. The van der Waals surface area contributed by atoms with Crippen LogP contribution >= 0.6 is 11.8 Å². The van der Waals surface area contributed by atoms with E-state index in [1.165, 1.54) is 11.8 Å². The molecular formula is C19H22N2O3S. The van der Waals surface area contributed by atoms with Crippen molar-refractivity contribution in [1.82, 2.24) is 4.98 Å². The predicted octanol–water partition coefficient (Wildman–Crippen LogP) is 3.50. The second kappa shape index (κ2) is 9.30. The van der Waals surface area contributed by atoms with Crippen LogP contribution in [0.5, 0.6) is 11.5 Å². The number of rotatable bonds is 8. The van der Waals surface area contributed by atoms with E-state index in [0.717, 1.165) is 17.0 Å². The van der Waals surface area contributed by atoms with E-state index in [1.54, 1.807) is 0 Å². The number of nitriles is 1. The van der Waals surface area contributed by atoms with E-state index >= 15 is 0 Å². The van der Waals surface area contributed by atoms with Crippen LogP contribution < -0.4 is 9.47 Å². The van der Waals surface area contributed by atoms with Crippen molar-refractivity contribution in [1.29, 1.82) is 5.26 Å². The zero-order valence-corrected chi connectivity index (χ0v) is 15.5. The SMILES string of the molecule is CCOc1ccc(OCC(O)CSc2nc(C)cc(C)c2C#N)cc1. The number of aryl methyl sites for hydroxylation is 2. The summed E-state index contributed by atoms with van der Waals surface area (Å²) in [5.74, 6) is 1.87. The standard InChI is InChI=1S/C19H22N2O3S/c1-4-23-16-5-7-17(8-6-16)24-11-15(22)12-25-19-18(10-20)13(2)9-14(3)21-19/h5-9,15,22H,4,11-12H2,1-3H3. The molecule has 1 atom stereocenters. The molecule has 0 aliphatic rings. The van der Waals surface area contributed by atoms with Crippen molar-refractivity contribution in [3.05, 3.63) is 47.2 Å². The molecule has 0 fully saturated rings. The van der Waals surface area contributed by atoms with Gasteiger partial charge in [-0.3, -0.25) is 0 Å². The minimum absolute atomic E-state index is 0.174. The third kappa shape index (κ3) is 5.66. The van der Waals surface area contributed by atoms with Gasteiger partial charge >= 0.3 is 0 Å². The number of ether oxygens (including phenoxy) is 2. The molecule has 0 aliphatic heterocycles. The van der Waals surface area contributed by atoms with E-state index in [-0.39, 0.29) is 6.61 Å². The van der Waals surface area contributed by atoms with Crippen LogP contribution in [0.25, 0.3) is 0 Å². The van der Waals surface area contributed by atoms with Crippen molar-refractivity contribution >= 4 is 11.8 Å². The molecule has 5 nitrogen and oxygen atoms in total. The predicted molar refractivity (Wildman–Crippen MR) is 98.3 cm³/mol.